The van der Waals surface area contributed by atoms with E-state index in [4.69, 9.17) is 9.47 Å². The first-order valence-electron chi connectivity index (χ1n) is 7.82. The molecule has 8 heteroatoms. The van der Waals surface area contributed by atoms with Gasteiger partial charge in [0.05, 0.1) is 32.4 Å². The highest BCUT2D eigenvalue weighted by Crippen LogP contribution is 2.34. The van der Waals surface area contributed by atoms with Gasteiger partial charge in [0.1, 0.15) is 5.82 Å². The molecule has 1 aromatic heterocycles. The summed E-state index contributed by atoms with van der Waals surface area (Å²) in [5, 5.41) is 0. The van der Waals surface area contributed by atoms with E-state index in [2.05, 4.69) is 14.6 Å². The van der Waals surface area contributed by atoms with E-state index < -0.39 is 10.0 Å². The first-order valence-corrected chi connectivity index (χ1v) is 9.71. The molecular weight excluding hydrogens is 342 g/mol. The monoisotopic (exact) mass is 363 g/mol. The molecule has 134 valence electrons. The van der Waals surface area contributed by atoms with Crippen LogP contribution in [-0.4, -0.2) is 40.4 Å². The number of hydrogen-bond donors (Lipinski definition) is 1. The maximum Gasteiger partial charge on any atom is 0.230 e. The van der Waals surface area contributed by atoms with Gasteiger partial charge in [-0.3, -0.25) is 4.72 Å². The van der Waals surface area contributed by atoms with Crippen LogP contribution in [0.15, 0.2) is 30.5 Å². The molecule has 0 spiro atoms. The van der Waals surface area contributed by atoms with Crippen molar-refractivity contribution in [3.63, 3.8) is 0 Å². The van der Waals surface area contributed by atoms with Gasteiger partial charge >= 0.3 is 0 Å². The van der Waals surface area contributed by atoms with Gasteiger partial charge in [0, 0.05) is 13.1 Å². The van der Waals surface area contributed by atoms with Crippen LogP contribution >= 0.6 is 0 Å². The summed E-state index contributed by atoms with van der Waals surface area (Å²) in [4.78, 5) is 6.38. The lowest BCUT2D eigenvalue weighted by Gasteiger charge is -2.31. The van der Waals surface area contributed by atoms with Crippen molar-refractivity contribution in [1.82, 2.24) is 4.98 Å². The first-order chi connectivity index (χ1) is 11.9. The smallest absolute Gasteiger partial charge is 0.230 e. The lowest BCUT2D eigenvalue weighted by molar-refractivity contribution is 0.353. The molecule has 0 aliphatic carbocycles. The first kappa shape index (κ1) is 17.3. The topological polar surface area (TPSA) is 80.8 Å². The summed E-state index contributed by atoms with van der Waals surface area (Å²) < 4.78 is 35.6. The van der Waals surface area contributed by atoms with Crippen molar-refractivity contribution in [2.45, 2.75) is 13.0 Å². The van der Waals surface area contributed by atoms with E-state index in [1.165, 1.54) is 11.1 Å². The Kier molecular flexibility index (Phi) is 4.71. The molecule has 0 radical (unpaired) electrons. The van der Waals surface area contributed by atoms with E-state index in [0.29, 0.717) is 11.6 Å². The Hall–Kier alpha value is -2.48. The molecule has 2 heterocycles. The Morgan fingerprint density at radius 1 is 1.12 bits per heavy atom. The van der Waals surface area contributed by atoms with Gasteiger partial charge in [-0.2, -0.15) is 0 Å². The summed E-state index contributed by atoms with van der Waals surface area (Å²) in [5.74, 6) is 1.77. The molecule has 25 heavy (non-hydrogen) atoms. The third-order valence-electron chi connectivity index (χ3n) is 4.12. The van der Waals surface area contributed by atoms with E-state index >= 15 is 0 Å². The highest BCUT2D eigenvalue weighted by Gasteiger charge is 2.20. The quantitative estimate of drug-likeness (QED) is 0.875. The average Bonchev–Trinajstić information content (AvgIpc) is 2.59. The van der Waals surface area contributed by atoms with Crippen LogP contribution < -0.4 is 19.1 Å². The van der Waals surface area contributed by atoms with E-state index in [9.17, 15) is 8.42 Å². The summed E-state index contributed by atoms with van der Waals surface area (Å²) in [6.45, 7) is 1.58. The SMILES string of the molecule is COc1cc2c(cc1OC)CN(c1ccc(NS(C)(=O)=O)nc1)CC2. The normalized spacial score (nSPS) is 14.0. The molecule has 7 nitrogen and oxygen atoms in total. The zero-order chi connectivity index (χ0) is 18.0. The number of benzene rings is 1. The van der Waals surface area contributed by atoms with E-state index in [-0.39, 0.29) is 0 Å². The minimum absolute atomic E-state index is 0.315. The molecule has 2 aromatic rings. The lowest BCUT2D eigenvalue weighted by atomic mass is 9.98. The summed E-state index contributed by atoms with van der Waals surface area (Å²) in [5.41, 5.74) is 3.37. The second-order valence-electron chi connectivity index (χ2n) is 5.92. The van der Waals surface area contributed by atoms with Crippen molar-refractivity contribution in [1.29, 1.82) is 0 Å². The molecule has 1 aliphatic rings. The highest BCUT2D eigenvalue weighted by molar-refractivity contribution is 7.92. The highest BCUT2D eigenvalue weighted by atomic mass is 32.2. The standard InChI is InChI=1S/C17H21N3O4S/c1-23-15-8-12-6-7-20(11-13(12)9-16(15)24-2)14-4-5-17(18-10-14)19-25(3,21)22/h4-5,8-10H,6-7,11H2,1-3H3,(H,18,19). The van der Waals surface area contributed by atoms with Crippen molar-refractivity contribution < 1.29 is 17.9 Å². The molecule has 0 fully saturated rings. The van der Waals surface area contributed by atoms with Gasteiger partial charge in [-0.25, -0.2) is 13.4 Å². The fourth-order valence-electron chi connectivity index (χ4n) is 2.93. The number of ether oxygens (including phenoxy) is 2. The number of fused-ring (bicyclic) bond motifs is 1. The molecule has 0 saturated carbocycles. The number of pyridine rings is 1. The third-order valence-corrected chi connectivity index (χ3v) is 4.70. The zero-order valence-electron chi connectivity index (χ0n) is 14.4. The molecule has 1 aromatic carbocycles. The van der Waals surface area contributed by atoms with Crippen LogP contribution in [0.3, 0.4) is 0 Å². The van der Waals surface area contributed by atoms with Gasteiger partial charge in [-0.1, -0.05) is 0 Å². The number of sulfonamides is 1. The van der Waals surface area contributed by atoms with Crippen LogP contribution in [0.25, 0.3) is 0 Å². The summed E-state index contributed by atoms with van der Waals surface area (Å²) in [7, 11) is -0.0578. The van der Waals surface area contributed by atoms with Crippen LogP contribution in [0.4, 0.5) is 11.5 Å². The van der Waals surface area contributed by atoms with Gasteiger partial charge in [-0.05, 0) is 41.8 Å². The molecule has 0 amide bonds. The van der Waals surface area contributed by atoms with Crippen LogP contribution in [0.2, 0.25) is 0 Å². The predicted molar refractivity (Wildman–Crippen MR) is 97.0 cm³/mol. The molecule has 1 N–H and O–H groups in total. The number of hydrogen-bond acceptors (Lipinski definition) is 6. The Morgan fingerprint density at radius 3 is 2.36 bits per heavy atom. The van der Waals surface area contributed by atoms with Crippen LogP contribution in [-0.2, 0) is 23.0 Å². The summed E-state index contributed by atoms with van der Waals surface area (Å²) in [6.07, 6.45) is 3.67. The summed E-state index contributed by atoms with van der Waals surface area (Å²) >= 11 is 0. The van der Waals surface area contributed by atoms with Gasteiger partial charge in [0.2, 0.25) is 10.0 Å². The van der Waals surface area contributed by atoms with Crippen molar-refractivity contribution in [3.05, 3.63) is 41.6 Å². The minimum atomic E-state index is -3.32. The molecule has 0 unspecified atom stereocenters. The maximum absolute atomic E-state index is 11.3. The Bertz CT molecular complexity index is 866. The average molecular weight is 363 g/mol. The van der Waals surface area contributed by atoms with Gasteiger partial charge in [0.15, 0.2) is 11.5 Å². The maximum atomic E-state index is 11.3. The molecule has 0 bridgehead atoms. The summed E-state index contributed by atoms with van der Waals surface area (Å²) in [6, 6.07) is 7.57. The Balaban J connectivity index is 1.80. The molecule has 0 atom stereocenters. The van der Waals surface area contributed by atoms with E-state index in [1.807, 2.05) is 18.2 Å². The lowest BCUT2D eigenvalue weighted by Crippen LogP contribution is -2.30. The number of anilines is 2. The number of nitrogens with zero attached hydrogens (tertiary/aromatic N) is 2. The second kappa shape index (κ2) is 6.79. The fraction of sp³-hybridized carbons (Fsp3) is 0.353. The molecule has 3 rings (SSSR count). The van der Waals surface area contributed by atoms with E-state index in [0.717, 1.165) is 37.2 Å². The molecule has 1 aliphatic heterocycles. The third kappa shape index (κ3) is 3.96. The van der Waals surface area contributed by atoms with Crippen LogP contribution in [0.5, 0.6) is 11.5 Å². The number of methoxy groups -OCH3 is 2. The Morgan fingerprint density at radius 2 is 1.80 bits per heavy atom. The molecule has 0 saturated heterocycles. The van der Waals surface area contributed by atoms with Crippen molar-refractivity contribution >= 4 is 21.5 Å². The fourth-order valence-corrected chi connectivity index (χ4v) is 3.43. The van der Waals surface area contributed by atoms with E-state index in [1.54, 1.807) is 26.5 Å². The van der Waals surface area contributed by atoms with Crippen LogP contribution in [0.1, 0.15) is 11.1 Å². The predicted octanol–water partition coefficient (Wildman–Crippen LogP) is 2.03. The Labute approximate surface area is 147 Å². The van der Waals surface area contributed by atoms with Crippen molar-refractivity contribution in [3.8, 4) is 11.5 Å². The number of aromatic nitrogens is 1. The van der Waals surface area contributed by atoms with Crippen molar-refractivity contribution in [2.24, 2.45) is 0 Å². The van der Waals surface area contributed by atoms with Gasteiger partial charge in [-0.15, -0.1) is 0 Å². The number of rotatable bonds is 5. The van der Waals surface area contributed by atoms with Crippen molar-refractivity contribution in [2.75, 3.05) is 36.6 Å². The van der Waals surface area contributed by atoms with Gasteiger partial charge in [0.25, 0.3) is 0 Å². The largest absolute Gasteiger partial charge is 0.493 e. The zero-order valence-corrected chi connectivity index (χ0v) is 15.3. The molecular formula is C17H21N3O4S. The van der Waals surface area contributed by atoms with Crippen LogP contribution in [0, 0.1) is 0 Å². The van der Waals surface area contributed by atoms with Gasteiger partial charge < -0.3 is 14.4 Å². The second-order valence-corrected chi connectivity index (χ2v) is 7.67. The minimum Gasteiger partial charge on any atom is -0.493 e. The number of nitrogens with one attached hydrogen (secondary N) is 1.